The minimum Gasteiger partial charge on any atom is -0.497 e. The Morgan fingerprint density at radius 3 is 2.33 bits per heavy atom. The highest BCUT2D eigenvalue weighted by atomic mass is 16.5. The molecule has 1 heterocycles. The second-order valence-corrected chi connectivity index (χ2v) is 7.25. The van der Waals surface area contributed by atoms with Crippen molar-refractivity contribution in [2.75, 3.05) is 7.11 Å². The first-order valence-corrected chi connectivity index (χ1v) is 8.80. The van der Waals surface area contributed by atoms with Gasteiger partial charge in [-0.15, -0.1) is 0 Å². The number of aliphatic hydroxyl groups is 1. The van der Waals surface area contributed by atoms with Crippen LogP contribution in [0.4, 0.5) is 0 Å². The van der Waals surface area contributed by atoms with E-state index in [2.05, 4.69) is 5.32 Å². The summed E-state index contributed by atoms with van der Waals surface area (Å²) in [7, 11) is 1.53. The third-order valence-electron chi connectivity index (χ3n) is 6.03. The second kappa shape index (κ2) is 6.27. The van der Waals surface area contributed by atoms with Crippen LogP contribution in [0.3, 0.4) is 0 Å². The van der Waals surface area contributed by atoms with Crippen LogP contribution in [0.2, 0.25) is 0 Å². The summed E-state index contributed by atoms with van der Waals surface area (Å²) < 4.78 is 5.17. The SMILES string of the molecule is CCC[C@@H]1[C@@H](c2ccc(OC)cc2)C(C#N)(C#N)[C@@]2(C#N)C[C@@]1(O)NC2=O. The fraction of sp³-hybridized carbons (Fsp3) is 0.500. The molecule has 7 nitrogen and oxygen atoms in total. The molecule has 1 aromatic carbocycles. The normalized spacial score (nSPS) is 33.3. The van der Waals surface area contributed by atoms with Crippen LogP contribution < -0.4 is 10.1 Å². The van der Waals surface area contributed by atoms with E-state index in [1.807, 2.05) is 25.1 Å². The smallest absolute Gasteiger partial charge is 0.245 e. The predicted octanol–water partition coefficient (Wildman–Crippen LogP) is 1.96. The molecule has 2 N–H and O–H groups in total. The summed E-state index contributed by atoms with van der Waals surface area (Å²) in [5, 5.41) is 43.7. The van der Waals surface area contributed by atoms with Crippen molar-refractivity contribution < 1.29 is 14.6 Å². The monoisotopic (exact) mass is 364 g/mol. The minimum absolute atomic E-state index is 0.270. The highest BCUT2D eigenvalue weighted by Gasteiger charge is 2.76. The minimum atomic E-state index is -1.93. The van der Waals surface area contributed by atoms with Crippen LogP contribution in [0.15, 0.2) is 24.3 Å². The number of nitrogens with one attached hydrogen (secondary N) is 1. The number of nitrogens with zero attached hydrogens (tertiary/aromatic N) is 3. The van der Waals surface area contributed by atoms with Gasteiger partial charge in [-0.05, 0) is 24.1 Å². The summed E-state index contributed by atoms with van der Waals surface area (Å²) in [6.45, 7) is 1.93. The molecule has 27 heavy (non-hydrogen) atoms. The van der Waals surface area contributed by atoms with Crippen molar-refractivity contribution in [3.8, 4) is 24.0 Å². The highest BCUT2D eigenvalue weighted by Crippen LogP contribution is 2.65. The van der Waals surface area contributed by atoms with Gasteiger partial charge in [-0.1, -0.05) is 25.5 Å². The molecule has 0 aromatic heterocycles. The lowest BCUT2D eigenvalue weighted by molar-refractivity contribution is -0.128. The van der Waals surface area contributed by atoms with Gasteiger partial charge in [-0.25, -0.2) is 0 Å². The van der Waals surface area contributed by atoms with Gasteiger partial charge >= 0.3 is 0 Å². The molecule has 1 saturated heterocycles. The van der Waals surface area contributed by atoms with Crippen LogP contribution in [-0.2, 0) is 4.79 Å². The van der Waals surface area contributed by atoms with Crippen LogP contribution in [0.25, 0.3) is 0 Å². The Labute approximate surface area is 157 Å². The van der Waals surface area contributed by atoms with Crippen molar-refractivity contribution >= 4 is 5.91 Å². The quantitative estimate of drug-likeness (QED) is 0.840. The number of rotatable bonds is 4. The number of benzene rings is 1. The number of methoxy groups -OCH3 is 1. The van der Waals surface area contributed by atoms with Crippen LogP contribution in [-0.4, -0.2) is 23.8 Å². The third-order valence-corrected chi connectivity index (χ3v) is 6.03. The van der Waals surface area contributed by atoms with E-state index in [1.165, 1.54) is 7.11 Å². The average molecular weight is 364 g/mol. The molecular formula is C20H20N4O3. The maximum Gasteiger partial charge on any atom is 0.245 e. The summed E-state index contributed by atoms with van der Waals surface area (Å²) in [6.07, 6.45) is 0.899. The predicted molar refractivity (Wildman–Crippen MR) is 93.5 cm³/mol. The molecule has 1 aliphatic heterocycles. The van der Waals surface area contributed by atoms with Crippen molar-refractivity contribution in [2.45, 2.75) is 37.8 Å². The molecular weight excluding hydrogens is 344 g/mol. The van der Waals surface area contributed by atoms with Crippen LogP contribution in [0, 0.1) is 50.7 Å². The fourth-order valence-corrected chi connectivity index (χ4v) is 4.76. The van der Waals surface area contributed by atoms with Crippen LogP contribution >= 0.6 is 0 Å². The lowest BCUT2D eigenvalue weighted by atomic mass is 9.48. The molecule has 7 heteroatoms. The van der Waals surface area contributed by atoms with Crippen LogP contribution in [0.5, 0.6) is 5.75 Å². The Morgan fingerprint density at radius 2 is 1.85 bits per heavy atom. The van der Waals surface area contributed by atoms with E-state index >= 15 is 0 Å². The van der Waals surface area contributed by atoms with E-state index in [4.69, 9.17) is 4.74 Å². The Bertz CT molecular complexity index is 878. The van der Waals surface area contributed by atoms with E-state index < -0.39 is 34.3 Å². The summed E-state index contributed by atoms with van der Waals surface area (Å²) in [6, 6.07) is 12.8. The largest absolute Gasteiger partial charge is 0.497 e. The number of amides is 1. The zero-order chi connectivity index (χ0) is 19.9. The maximum atomic E-state index is 12.8. The first-order chi connectivity index (χ1) is 12.9. The van der Waals surface area contributed by atoms with Gasteiger partial charge < -0.3 is 15.2 Å². The van der Waals surface area contributed by atoms with Gasteiger partial charge in [-0.3, -0.25) is 4.79 Å². The van der Waals surface area contributed by atoms with Crippen molar-refractivity contribution in [3.63, 3.8) is 0 Å². The number of fused-ring (bicyclic) bond motifs is 2. The topological polar surface area (TPSA) is 130 Å². The maximum absolute atomic E-state index is 12.8. The zero-order valence-electron chi connectivity index (χ0n) is 15.2. The summed E-state index contributed by atoms with van der Waals surface area (Å²) in [5.41, 5.74) is -4.86. The van der Waals surface area contributed by atoms with Crippen molar-refractivity contribution in [2.24, 2.45) is 16.7 Å². The van der Waals surface area contributed by atoms with Gasteiger partial charge in [0, 0.05) is 18.3 Å². The second-order valence-electron chi connectivity index (χ2n) is 7.25. The molecule has 4 atom stereocenters. The van der Waals surface area contributed by atoms with E-state index in [9.17, 15) is 25.7 Å². The molecule has 1 saturated carbocycles. The molecule has 1 amide bonds. The van der Waals surface area contributed by atoms with Crippen molar-refractivity contribution in [1.82, 2.24) is 5.32 Å². The average Bonchev–Trinajstić information content (AvgIpc) is 2.94. The zero-order valence-corrected chi connectivity index (χ0v) is 15.2. The standard InChI is InChI=1S/C20H20N4O3/c1-3-4-15-16(13-5-7-14(27-2)8-6-13)19(11-22,12-23)18(10-21)9-20(15,26)24-17(18)25/h5-8,15-16,26H,3-4,9H2,1-2H3,(H,24,25)/t15-,16-,18-,20+/m1/s1. The van der Waals surface area contributed by atoms with Gasteiger partial charge in [0.2, 0.25) is 5.91 Å². The number of ether oxygens (including phenoxy) is 1. The Balaban J connectivity index is 2.31. The lowest BCUT2D eigenvalue weighted by Crippen LogP contribution is -2.57. The van der Waals surface area contributed by atoms with Gasteiger partial charge in [0.15, 0.2) is 10.8 Å². The molecule has 1 aliphatic carbocycles. The molecule has 0 unspecified atom stereocenters. The number of carbonyl (C=O) groups excluding carboxylic acids is 1. The van der Waals surface area contributed by atoms with Gasteiger partial charge in [0.1, 0.15) is 11.5 Å². The summed E-state index contributed by atoms with van der Waals surface area (Å²) in [4.78, 5) is 12.8. The van der Waals surface area contributed by atoms with E-state index in [-0.39, 0.29) is 6.42 Å². The summed E-state index contributed by atoms with van der Waals surface area (Å²) in [5.74, 6) is -1.54. The highest BCUT2D eigenvalue weighted by molar-refractivity contribution is 5.92. The van der Waals surface area contributed by atoms with Gasteiger partial charge in [-0.2, -0.15) is 15.8 Å². The number of hydrogen-bond acceptors (Lipinski definition) is 6. The van der Waals surface area contributed by atoms with E-state index in [0.29, 0.717) is 24.2 Å². The summed E-state index contributed by atoms with van der Waals surface area (Å²) >= 11 is 0. The molecule has 2 aliphatic rings. The van der Waals surface area contributed by atoms with E-state index in [1.54, 1.807) is 24.3 Å². The molecule has 3 rings (SSSR count). The number of hydrogen-bond donors (Lipinski definition) is 2. The molecule has 0 radical (unpaired) electrons. The lowest BCUT2D eigenvalue weighted by Gasteiger charge is -2.49. The van der Waals surface area contributed by atoms with E-state index in [0.717, 1.165) is 0 Å². The number of nitriles is 3. The molecule has 138 valence electrons. The Kier molecular flexibility index (Phi) is 4.34. The van der Waals surface area contributed by atoms with Gasteiger partial charge in [0.05, 0.1) is 25.3 Å². The first-order valence-electron chi connectivity index (χ1n) is 8.80. The first kappa shape index (κ1) is 18.7. The third kappa shape index (κ3) is 2.24. The molecule has 0 spiro atoms. The van der Waals surface area contributed by atoms with Crippen LogP contribution in [0.1, 0.15) is 37.7 Å². The molecule has 2 bridgehead atoms. The fourth-order valence-electron chi connectivity index (χ4n) is 4.76. The Morgan fingerprint density at radius 1 is 1.22 bits per heavy atom. The van der Waals surface area contributed by atoms with Crippen molar-refractivity contribution in [1.29, 1.82) is 15.8 Å². The Hall–Kier alpha value is -3.08. The van der Waals surface area contributed by atoms with Crippen molar-refractivity contribution in [3.05, 3.63) is 29.8 Å². The molecule has 2 fully saturated rings. The number of carbonyl (C=O) groups is 1. The molecule has 1 aromatic rings. The van der Waals surface area contributed by atoms with Gasteiger partial charge in [0.25, 0.3) is 0 Å².